The second kappa shape index (κ2) is 8.47. The molecule has 8 nitrogen and oxygen atoms in total. The van der Waals surface area contributed by atoms with Gasteiger partial charge in [0.15, 0.2) is 0 Å². The van der Waals surface area contributed by atoms with E-state index in [1.165, 1.54) is 16.6 Å². The highest BCUT2D eigenvalue weighted by Crippen LogP contribution is 2.26. The van der Waals surface area contributed by atoms with Gasteiger partial charge >= 0.3 is 0 Å². The van der Waals surface area contributed by atoms with Gasteiger partial charge in [0.25, 0.3) is 5.91 Å². The van der Waals surface area contributed by atoms with Crippen LogP contribution in [0.15, 0.2) is 17.2 Å². The molecule has 0 spiro atoms. The second-order valence-electron chi connectivity index (χ2n) is 8.44. The third-order valence-corrected chi connectivity index (χ3v) is 8.22. The van der Waals surface area contributed by atoms with Gasteiger partial charge in [-0.2, -0.15) is 4.31 Å². The molecule has 1 aromatic heterocycles. The van der Waals surface area contributed by atoms with Crippen LogP contribution >= 0.6 is 0 Å². The van der Waals surface area contributed by atoms with Gasteiger partial charge < -0.3 is 15.2 Å². The van der Waals surface area contributed by atoms with Crippen LogP contribution in [0.4, 0.5) is 0 Å². The highest BCUT2D eigenvalue weighted by atomic mass is 32.2. The zero-order valence-electron chi connectivity index (χ0n) is 16.7. The standard InChI is InChI=1S/C20H30N4O4S/c25-19(22-16-7-1-2-8-16)15-6-5-11-24(14-15)29(27,28)17-12-18(21-13-17)20(26)23-9-3-4-10-23/h12-13,15-16,21H,1-11,14H2,(H,22,25)/t15-/m1/s1. The molecule has 3 fully saturated rings. The van der Waals surface area contributed by atoms with Gasteiger partial charge in [-0.1, -0.05) is 12.8 Å². The molecule has 0 radical (unpaired) electrons. The number of amides is 2. The number of carbonyl (C=O) groups is 2. The summed E-state index contributed by atoms with van der Waals surface area (Å²) in [5.74, 6) is -0.504. The van der Waals surface area contributed by atoms with E-state index in [9.17, 15) is 18.0 Å². The fourth-order valence-corrected chi connectivity index (χ4v) is 6.17. The number of rotatable bonds is 5. The van der Waals surface area contributed by atoms with Crippen LogP contribution in [0.25, 0.3) is 0 Å². The lowest BCUT2D eigenvalue weighted by molar-refractivity contribution is -0.126. The first kappa shape index (κ1) is 20.4. The van der Waals surface area contributed by atoms with Crippen LogP contribution < -0.4 is 5.32 Å². The van der Waals surface area contributed by atoms with E-state index in [1.54, 1.807) is 4.90 Å². The Hall–Kier alpha value is -1.87. The lowest BCUT2D eigenvalue weighted by atomic mass is 9.98. The number of carbonyl (C=O) groups excluding carboxylic acids is 2. The van der Waals surface area contributed by atoms with E-state index < -0.39 is 10.0 Å². The van der Waals surface area contributed by atoms with Crippen molar-refractivity contribution in [2.75, 3.05) is 26.2 Å². The van der Waals surface area contributed by atoms with Crippen molar-refractivity contribution in [2.24, 2.45) is 5.92 Å². The van der Waals surface area contributed by atoms with Gasteiger partial charge in [-0.15, -0.1) is 0 Å². The van der Waals surface area contributed by atoms with Crippen LogP contribution in [0.2, 0.25) is 0 Å². The first-order valence-corrected chi connectivity index (χ1v) is 12.2. The van der Waals surface area contributed by atoms with Crippen LogP contribution in [0.1, 0.15) is 61.9 Å². The predicted molar refractivity (Wildman–Crippen MR) is 108 cm³/mol. The van der Waals surface area contributed by atoms with Crippen LogP contribution in [0.3, 0.4) is 0 Å². The highest BCUT2D eigenvalue weighted by Gasteiger charge is 2.35. The first-order chi connectivity index (χ1) is 13.9. The van der Waals surface area contributed by atoms with Crippen molar-refractivity contribution in [3.63, 3.8) is 0 Å². The number of likely N-dealkylation sites (tertiary alicyclic amines) is 1. The number of aromatic nitrogens is 1. The average molecular weight is 423 g/mol. The molecule has 0 unspecified atom stereocenters. The summed E-state index contributed by atoms with van der Waals surface area (Å²) in [7, 11) is -3.74. The molecule has 1 aromatic rings. The monoisotopic (exact) mass is 422 g/mol. The number of piperidine rings is 1. The van der Waals surface area contributed by atoms with E-state index in [-0.39, 0.29) is 35.2 Å². The Labute approximate surface area is 172 Å². The summed E-state index contributed by atoms with van der Waals surface area (Å²) in [6, 6.07) is 1.66. The lowest BCUT2D eigenvalue weighted by Gasteiger charge is -2.31. The summed E-state index contributed by atoms with van der Waals surface area (Å²) < 4.78 is 27.6. The molecular weight excluding hydrogens is 392 g/mol. The number of aromatic amines is 1. The summed E-state index contributed by atoms with van der Waals surface area (Å²) >= 11 is 0. The third kappa shape index (κ3) is 4.35. The molecule has 2 amide bonds. The molecule has 2 N–H and O–H groups in total. The molecule has 2 saturated heterocycles. The molecular formula is C20H30N4O4S. The Morgan fingerprint density at radius 2 is 1.72 bits per heavy atom. The molecule has 160 valence electrons. The minimum Gasteiger partial charge on any atom is -0.356 e. The Morgan fingerprint density at radius 1 is 1.00 bits per heavy atom. The number of nitrogens with zero attached hydrogens (tertiary/aromatic N) is 2. The van der Waals surface area contributed by atoms with Gasteiger partial charge in [0.1, 0.15) is 10.6 Å². The quantitative estimate of drug-likeness (QED) is 0.754. The van der Waals surface area contributed by atoms with Gasteiger partial charge in [-0.3, -0.25) is 9.59 Å². The molecule has 0 aromatic carbocycles. The van der Waals surface area contributed by atoms with Crippen molar-refractivity contribution < 1.29 is 18.0 Å². The maximum atomic E-state index is 13.1. The predicted octanol–water partition coefficient (Wildman–Crippen LogP) is 1.71. The van der Waals surface area contributed by atoms with Gasteiger partial charge in [0, 0.05) is 38.4 Å². The third-order valence-electron chi connectivity index (χ3n) is 6.37. The lowest BCUT2D eigenvalue weighted by Crippen LogP contribution is -2.47. The molecule has 3 aliphatic rings. The van der Waals surface area contributed by atoms with Gasteiger partial charge in [-0.05, 0) is 44.6 Å². The summed E-state index contributed by atoms with van der Waals surface area (Å²) in [5, 5.41) is 3.09. The van der Waals surface area contributed by atoms with Gasteiger partial charge in [-0.25, -0.2) is 8.42 Å². The van der Waals surface area contributed by atoms with E-state index in [0.717, 1.165) is 38.5 Å². The topological polar surface area (TPSA) is 103 Å². The molecule has 4 rings (SSSR count). The maximum Gasteiger partial charge on any atom is 0.270 e. The molecule has 29 heavy (non-hydrogen) atoms. The Bertz CT molecular complexity index is 854. The van der Waals surface area contributed by atoms with Crippen molar-refractivity contribution in [3.05, 3.63) is 18.0 Å². The normalized spacial score (nSPS) is 24.1. The van der Waals surface area contributed by atoms with Crippen molar-refractivity contribution in [1.29, 1.82) is 0 Å². The maximum absolute atomic E-state index is 13.1. The van der Waals surface area contributed by atoms with Gasteiger partial charge in [0.2, 0.25) is 15.9 Å². The van der Waals surface area contributed by atoms with Crippen LogP contribution in [-0.2, 0) is 14.8 Å². The zero-order valence-corrected chi connectivity index (χ0v) is 17.5. The molecule has 1 aliphatic carbocycles. The minimum absolute atomic E-state index is 0.0317. The fourth-order valence-electron chi connectivity index (χ4n) is 4.65. The summed E-state index contributed by atoms with van der Waals surface area (Å²) in [4.78, 5) is 29.8. The Balaban J connectivity index is 1.42. The number of sulfonamides is 1. The molecule has 3 heterocycles. The van der Waals surface area contributed by atoms with E-state index in [0.29, 0.717) is 38.2 Å². The van der Waals surface area contributed by atoms with Crippen LogP contribution in [-0.4, -0.2) is 66.6 Å². The second-order valence-corrected chi connectivity index (χ2v) is 10.4. The number of hydrogen-bond donors (Lipinski definition) is 2. The van der Waals surface area contributed by atoms with Crippen LogP contribution in [0, 0.1) is 5.92 Å². The Kier molecular flexibility index (Phi) is 5.96. The smallest absolute Gasteiger partial charge is 0.270 e. The van der Waals surface area contributed by atoms with Crippen molar-refractivity contribution >= 4 is 21.8 Å². The molecule has 9 heteroatoms. The number of H-pyrrole nitrogens is 1. The minimum atomic E-state index is -3.74. The zero-order chi connectivity index (χ0) is 20.4. The number of hydrogen-bond acceptors (Lipinski definition) is 4. The van der Waals surface area contributed by atoms with E-state index in [2.05, 4.69) is 10.3 Å². The molecule has 0 bridgehead atoms. The van der Waals surface area contributed by atoms with Crippen LogP contribution in [0.5, 0.6) is 0 Å². The fraction of sp³-hybridized carbons (Fsp3) is 0.700. The van der Waals surface area contributed by atoms with Crippen molar-refractivity contribution in [3.8, 4) is 0 Å². The van der Waals surface area contributed by atoms with E-state index in [1.807, 2.05) is 0 Å². The van der Waals surface area contributed by atoms with E-state index in [4.69, 9.17) is 0 Å². The SMILES string of the molecule is O=C(NC1CCCC1)[C@@H]1CCCN(S(=O)(=O)c2c[nH]c(C(=O)N3CCCC3)c2)C1. The van der Waals surface area contributed by atoms with Gasteiger partial charge in [0.05, 0.1) is 5.92 Å². The average Bonchev–Trinajstić information content (AvgIpc) is 3.50. The summed E-state index contributed by atoms with van der Waals surface area (Å²) in [6.07, 6.45) is 9.02. The molecule has 2 aliphatic heterocycles. The summed E-state index contributed by atoms with van der Waals surface area (Å²) in [6.45, 7) is 2.02. The van der Waals surface area contributed by atoms with Crippen molar-refractivity contribution in [1.82, 2.24) is 19.5 Å². The van der Waals surface area contributed by atoms with E-state index >= 15 is 0 Å². The molecule has 1 atom stereocenters. The largest absolute Gasteiger partial charge is 0.356 e. The first-order valence-electron chi connectivity index (χ1n) is 10.7. The van der Waals surface area contributed by atoms with Crippen molar-refractivity contribution in [2.45, 2.75) is 62.3 Å². The highest BCUT2D eigenvalue weighted by molar-refractivity contribution is 7.89. The Morgan fingerprint density at radius 3 is 2.45 bits per heavy atom. The summed E-state index contributed by atoms with van der Waals surface area (Å²) in [5.41, 5.74) is 0.304. The number of nitrogens with one attached hydrogen (secondary N) is 2. The molecule has 1 saturated carbocycles.